The van der Waals surface area contributed by atoms with Crippen molar-refractivity contribution in [1.29, 1.82) is 0 Å². The number of aryl methyl sites for hydroxylation is 1. The minimum atomic E-state index is -0.342. The summed E-state index contributed by atoms with van der Waals surface area (Å²) in [6.07, 6.45) is -0.199. The van der Waals surface area contributed by atoms with Crippen molar-refractivity contribution in [3.8, 4) is 0 Å². The highest BCUT2D eigenvalue weighted by atomic mass is 79.9. The van der Waals surface area contributed by atoms with Crippen LogP contribution in [0.15, 0.2) is 22.7 Å². The highest BCUT2D eigenvalue weighted by molar-refractivity contribution is 9.10. The van der Waals surface area contributed by atoms with Gasteiger partial charge >= 0.3 is 0 Å². The van der Waals surface area contributed by atoms with E-state index in [1.807, 2.05) is 13.0 Å². The van der Waals surface area contributed by atoms with Crippen LogP contribution >= 0.6 is 15.9 Å². The highest BCUT2D eigenvalue weighted by Gasteiger charge is 2.09. The van der Waals surface area contributed by atoms with Crippen LogP contribution in [0, 0.1) is 6.92 Å². The van der Waals surface area contributed by atoms with Crippen LogP contribution in [-0.2, 0) is 14.3 Å². The fraction of sp³-hybridized carbons (Fsp3) is 0.385. The SMILES string of the molecule is COCCNC(=O)CC(=O)Nc1ccc(C)c(Br)c1. The number of nitrogens with one attached hydrogen (secondary N) is 2. The maximum absolute atomic E-state index is 11.6. The van der Waals surface area contributed by atoms with Gasteiger partial charge in [0.15, 0.2) is 0 Å². The first kappa shape index (κ1) is 15.7. The van der Waals surface area contributed by atoms with Crippen molar-refractivity contribution in [1.82, 2.24) is 5.32 Å². The summed E-state index contributed by atoms with van der Waals surface area (Å²) in [6, 6.07) is 5.48. The van der Waals surface area contributed by atoms with Gasteiger partial charge in [-0.3, -0.25) is 9.59 Å². The lowest BCUT2D eigenvalue weighted by atomic mass is 10.2. The summed E-state index contributed by atoms with van der Waals surface area (Å²) in [4.78, 5) is 23.0. The second-order valence-electron chi connectivity index (χ2n) is 4.03. The Hall–Kier alpha value is -1.40. The van der Waals surface area contributed by atoms with Gasteiger partial charge in [-0.1, -0.05) is 22.0 Å². The monoisotopic (exact) mass is 328 g/mol. The zero-order chi connectivity index (χ0) is 14.3. The fourth-order valence-electron chi connectivity index (χ4n) is 1.38. The van der Waals surface area contributed by atoms with Crippen LogP contribution in [0.2, 0.25) is 0 Å². The maximum atomic E-state index is 11.6. The smallest absolute Gasteiger partial charge is 0.233 e. The summed E-state index contributed by atoms with van der Waals surface area (Å²) < 4.78 is 5.71. The molecule has 5 nitrogen and oxygen atoms in total. The van der Waals surface area contributed by atoms with Gasteiger partial charge < -0.3 is 15.4 Å². The Balaban J connectivity index is 2.42. The van der Waals surface area contributed by atoms with Gasteiger partial charge in [-0.2, -0.15) is 0 Å². The van der Waals surface area contributed by atoms with Gasteiger partial charge in [0.25, 0.3) is 0 Å². The molecule has 104 valence electrons. The molecular weight excluding hydrogens is 312 g/mol. The van der Waals surface area contributed by atoms with Gasteiger partial charge in [-0.25, -0.2) is 0 Å². The molecule has 0 unspecified atom stereocenters. The van der Waals surface area contributed by atoms with Crippen molar-refractivity contribution in [2.24, 2.45) is 0 Å². The summed E-state index contributed by atoms with van der Waals surface area (Å²) >= 11 is 3.38. The lowest BCUT2D eigenvalue weighted by Gasteiger charge is -2.07. The molecule has 0 fully saturated rings. The summed E-state index contributed by atoms with van der Waals surface area (Å²) in [5.74, 6) is -0.661. The van der Waals surface area contributed by atoms with E-state index < -0.39 is 0 Å². The molecular formula is C13H17BrN2O3. The normalized spacial score (nSPS) is 10.1. The number of ether oxygens (including phenoxy) is 1. The van der Waals surface area contributed by atoms with Gasteiger partial charge in [-0.05, 0) is 24.6 Å². The average Bonchev–Trinajstić information content (AvgIpc) is 2.34. The van der Waals surface area contributed by atoms with Crippen LogP contribution in [0.5, 0.6) is 0 Å². The Morgan fingerprint density at radius 3 is 2.68 bits per heavy atom. The zero-order valence-electron chi connectivity index (χ0n) is 11.0. The molecule has 0 radical (unpaired) electrons. The van der Waals surface area contributed by atoms with E-state index in [4.69, 9.17) is 4.74 Å². The average molecular weight is 329 g/mol. The van der Waals surface area contributed by atoms with Crippen LogP contribution < -0.4 is 10.6 Å². The number of anilines is 1. The van der Waals surface area contributed by atoms with Crippen LogP contribution in [0.4, 0.5) is 5.69 Å². The molecule has 19 heavy (non-hydrogen) atoms. The molecule has 0 saturated carbocycles. The maximum Gasteiger partial charge on any atom is 0.233 e. The first-order valence-electron chi connectivity index (χ1n) is 5.84. The van der Waals surface area contributed by atoms with Gasteiger partial charge in [0.1, 0.15) is 6.42 Å². The van der Waals surface area contributed by atoms with E-state index in [1.54, 1.807) is 19.2 Å². The van der Waals surface area contributed by atoms with Gasteiger partial charge in [-0.15, -0.1) is 0 Å². The molecule has 1 aromatic carbocycles. The van der Waals surface area contributed by atoms with Crippen molar-refractivity contribution in [2.75, 3.05) is 25.6 Å². The number of methoxy groups -OCH3 is 1. The molecule has 1 rings (SSSR count). The second-order valence-corrected chi connectivity index (χ2v) is 4.89. The van der Waals surface area contributed by atoms with Crippen molar-refractivity contribution in [3.05, 3.63) is 28.2 Å². The third kappa shape index (κ3) is 5.85. The van der Waals surface area contributed by atoms with E-state index in [0.717, 1.165) is 10.0 Å². The Labute approximate surface area is 120 Å². The van der Waals surface area contributed by atoms with E-state index in [1.165, 1.54) is 0 Å². The first-order valence-corrected chi connectivity index (χ1v) is 6.64. The summed E-state index contributed by atoms with van der Waals surface area (Å²) in [6.45, 7) is 2.79. The van der Waals surface area contributed by atoms with Gasteiger partial charge in [0.2, 0.25) is 11.8 Å². The van der Waals surface area contributed by atoms with Gasteiger partial charge in [0.05, 0.1) is 6.61 Å². The highest BCUT2D eigenvalue weighted by Crippen LogP contribution is 2.20. The molecule has 0 aliphatic rings. The van der Waals surface area contributed by atoms with Crippen LogP contribution in [0.3, 0.4) is 0 Å². The molecule has 0 aliphatic carbocycles. The molecule has 0 aromatic heterocycles. The van der Waals surface area contributed by atoms with Crippen molar-refractivity contribution in [3.63, 3.8) is 0 Å². The van der Waals surface area contributed by atoms with Crippen LogP contribution in [0.25, 0.3) is 0 Å². The number of hydrogen-bond acceptors (Lipinski definition) is 3. The third-order valence-electron chi connectivity index (χ3n) is 2.41. The van der Waals surface area contributed by atoms with Crippen LogP contribution in [0.1, 0.15) is 12.0 Å². The number of carbonyl (C=O) groups is 2. The van der Waals surface area contributed by atoms with Gasteiger partial charge in [0, 0.05) is 23.8 Å². The van der Waals surface area contributed by atoms with E-state index in [-0.39, 0.29) is 18.2 Å². The standard InChI is InChI=1S/C13H17BrN2O3/c1-9-3-4-10(7-11(9)14)16-13(18)8-12(17)15-5-6-19-2/h3-4,7H,5-6,8H2,1-2H3,(H,15,17)(H,16,18). The Bertz CT molecular complexity index is 463. The predicted molar refractivity (Wildman–Crippen MR) is 77.0 cm³/mol. The van der Waals surface area contributed by atoms with E-state index >= 15 is 0 Å². The topological polar surface area (TPSA) is 67.4 Å². The number of hydrogen-bond donors (Lipinski definition) is 2. The molecule has 1 aromatic rings. The number of amides is 2. The summed E-state index contributed by atoms with van der Waals surface area (Å²) in [7, 11) is 1.55. The van der Waals surface area contributed by atoms with Crippen molar-refractivity contribution >= 4 is 33.4 Å². The minimum absolute atomic E-state index is 0.199. The number of benzene rings is 1. The molecule has 2 N–H and O–H groups in total. The Morgan fingerprint density at radius 2 is 2.05 bits per heavy atom. The van der Waals surface area contributed by atoms with Crippen molar-refractivity contribution in [2.45, 2.75) is 13.3 Å². The molecule has 0 atom stereocenters. The molecule has 0 heterocycles. The third-order valence-corrected chi connectivity index (χ3v) is 3.26. The first-order chi connectivity index (χ1) is 9.02. The van der Waals surface area contributed by atoms with Crippen molar-refractivity contribution < 1.29 is 14.3 Å². The Morgan fingerprint density at radius 1 is 1.32 bits per heavy atom. The molecule has 6 heteroatoms. The fourth-order valence-corrected chi connectivity index (χ4v) is 1.76. The number of carbonyl (C=O) groups excluding carboxylic acids is 2. The molecule has 0 aliphatic heterocycles. The molecule has 2 amide bonds. The zero-order valence-corrected chi connectivity index (χ0v) is 12.5. The molecule has 0 spiro atoms. The van der Waals surface area contributed by atoms with E-state index in [9.17, 15) is 9.59 Å². The largest absolute Gasteiger partial charge is 0.383 e. The minimum Gasteiger partial charge on any atom is -0.383 e. The predicted octanol–water partition coefficient (Wildman–Crippen LogP) is 1.85. The Kier molecular flexibility index (Phi) is 6.52. The van der Waals surface area contributed by atoms with E-state index in [2.05, 4.69) is 26.6 Å². The number of halogens is 1. The lowest BCUT2D eigenvalue weighted by Crippen LogP contribution is -2.30. The quantitative estimate of drug-likeness (QED) is 0.618. The van der Waals surface area contributed by atoms with Crippen LogP contribution in [-0.4, -0.2) is 32.1 Å². The van der Waals surface area contributed by atoms with E-state index in [0.29, 0.717) is 18.8 Å². The second kappa shape index (κ2) is 7.91. The summed E-state index contributed by atoms with van der Waals surface area (Å²) in [5, 5.41) is 5.26. The number of rotatable bonds is 6. The molecule has 0 bridgehead atoms. The lowest BCUT2D eigenvalue weighted by molar-refractivity contribution is -0.126. The molecule has 0 saturated heterocycles. The summed E-state index contributed by atoms with van der Waals surface area (Å²) in [5.41, 5.74) is 1.74.